The molecule has 2 N–H and O–H groups in total. The number of hydrogen-bond donors (Lipinski definition) is 2. The number of imide groups is 1. The van der Waals surface area contributed by atoms with Gasteiger partial charge in [0.25, 0.3) is 5.91 Å². The Bertz CT molecular complexity index is 1240. The predicted molar refractivity (Wildman–Crippen MR) is 125 cm³/mol. The highest BCUT2D eigenvalue weighted by atomic mass is 16.2. The molecule has 7 heteroatoms. The van der Waals surface area contributed by atoms with Crippen molar-refractivity contribution in [1.29, 1.82) is 0 Å². The Hall–Kier alpha value is -3.87. The van der Waals surface area contributed by atoms with Gasteiger partial charge in [-0.05, 0) is 44.0 Å². The van der Waals surface area contributed by atoms with Crippen molar-refractivity contribution in [2.24, 2.45) is 0 Å². The molecule has 1 aliphatic rings. The lowest BCUT2D eigenvalue weighted by Gasteiger charge is -2.13. The molecule has 2 heterocycles. The molecule has 7 nitrogen and oxygen atoms in total. The average Bonchev–Trinajstić information content (AvgIpc) is 3.27. The van der Waals surface area contributed by atoms with Crippen LogP contribution < -0.4 is 10.6 Å². The van der Waals surface area contributed by atoms with Crippen molar-refractivity contribution < 1.29 is 14.4 Å². The molecule has 1 fully saturated rings. The van der Waals surface area contributed by atoms with Gasteiger partial charge < -0.3 is 15.2 Å². The zero-order valence-corrected chi connectivity index (χ0v) is 18.4. The molecule has 0 atom stereocenters. The summed E-state index contributed by atoms with van der Waals surface area (Å²) >= 11 is 0. The van der Waals surface area contributed by atoms with Crippen LogP contribution in [0.4, 0.5) is 10.5 Å². The molecule has 4 rings (SSSR count). The number of amides is 4. The van der Waals surface area contributed by atoms with Gasteiger partial charge in [-0.25, -0.2) is 9.69 Å². The van der Waals surface area contributed by atoms with Crippen LogP contribution in [0.1, 0.15) is 37.9 Å². The maximum absolute atomic E-state index is 12.9. The number of aromatic nitrogens is 1. The standard InChI is InChI=1S/C25H26N4O3/c1-4-17-9-5-7-11-20(17)26-23(30)15-29-24(31)21(27-25(29)32)13-18-14-28(16(2)3)22-12-8-6-10-19(18)22/h5-14,16H,4,15H2,1-3H3,(H,26,30)(H,27,32)/b21-13+. The van der Waals surface area contributed by atoms with Gasteiger partial charge in [0.05, 0.1) is 0 Å². The number of carbonyl (C=O) groups excluding carboxylic acids is 3. The summed E-state index contributed by atoms with van der Waals surface area (Å²) in [7, 11) is 0. The fourth-order valence-corrected chi connectivity index (χ4v) is 3.93. The second kappa shape index (κ2) is 8.70. The van der Waals surface area contributed by atoms with E-state index in [1.165, 1.54) is 0 Å². The Morgan fingerprint density at radius 2 is 1.81 bits per heavy atom. The number of aryl methyl sites for hydroxylation is 1. The lowest BCUT2D eigenvalue weighted by atomic mass is 10.1. The molecule has 4 amide bonds. The molecule has 1 aromatic heterocycles. The van der Waals surface area contributed by atoms with E-state index in [1.807, 2.05) is 55.6 Å². The second-order valence-electron chi connectivity index (χ2n) is 8.04. The molecular formula is C25H26N4O3. The normalized spacial score (nSPS) is 15.1. The lowest BCUT2D eigenvalue weighted by molar-refractivity contribution is -0.127. The van der Waals surface area contributed by atoms with Crippen molar-refractivity contribution in [2.75, 3.05) is 11.9 Å². The highest BCUT2D eigenvalue weighted by Crippen LogP contribution is 2.27. The van der Waals surface area contributed by atoms with E-state index in [9.17, 15) is 14.4 Å². The summed E-state index contributed by atoms with van der Waals surface area (Å²) in [5.74, 6) is -0.942. The Morgan fingerprint density at radius 1 is 1.09 bits per heavy atom. The maximum Gasteiger partial charge on any atom is 0.329 e. The van der Waals surface area contributed by atoms with Crippen LogP contribution in [0.3, 0.4) is 0 Å². The van der Waals surface area contributed by atoms with E-state index < -0.39 is 17.8 Å². The summed E-state index contributed by atoms with van der Waals surface area (Å²) in [5, 5.41) is 6.39. The number of nitrogens with zero attached hydrogens (tertiary/aromatic N) is 2. The van der Waals surface area contributed by atoms with Crippen LogP contribution in [-0.4, -0.2) is 33.9 Å². The summed E-state index contributed by atoms with van der Waals surface area (Å²) in [5.41, 5.74) is 3.71. The fourth-order valence-electron chi connectivity index (χ4n) is 3.93. The van der Waals surface area contributed by atoms with Gasteiger partial charge in [-0.15, -0.1) is 0 Å². The number of anilines is 1. The third-order valence-corrected chi connectivity index (χ3v) is 5.56. The average molecular weight is 431 g/mol. The topological polar surface area (TPSA) is 83.4 Å². The van der Waals surface area contributed by atoms with E-state index >= 15 is 0 Å². The van der Waals surface area contributed by atoms with Crippen molar-refractivity contribution in [3.05, 3.63) is 71.6 Å². The highest BCUT2D eigenvalue weighted by molar-refractivity contribution is 6.16. The molecule has 0 saturated carbocycles. The molecule has 1 aliphatic heterocycles. The molecule has 0 bridgehead atoms. The van der Waals surface area contributed by atoms with Gasteiger partial charge in [-0.2, -0.15) is 0 Å². The minimum Gasteiger partial charge on any atom is -0.344 e. The van der Waals surface area contributed by atoms with Crippen LogP contribution in [0.25, 0.3) is 17.0 Å². The van der Waals surface area contributed by atoms with Crippen LogP contribution in [-0.2, 0) is 16.0 Å². The Labute approximate surface area is 186 Å². The first-order valence-corrected chi connectivity index (χ1v) is 10.7. The number of benzene rings is 2. The molecule has 2 aromatic carbocycles. The van der Waals surface area contributed by atoms with Gasteiger partial charge in [-0.3, -0.25) is 9.59 Å². The molecule has 32 heavy (non-hydrogen) atoms. The number of nitrogens with one attached hydrogen (secondary N) is 2. The molecule has 0 unspecified atom stereocenters. The van der Waals surface area contributed by atoms with E-state index in [2.05, 4.69) is 29.0 Å². The van der Waals surface area contributed by atoms with E-state index in [-0.39, 0.29) is 18.3 Å². The highest BCUT2D eigenvalue weighted by Gasteiger charge is 2.35. The molecule has 0 aliphatic carbocycles. The van der Waals surface area contributed by atoms with Crippen LogP contribution in [0, 0.1) is 0 Å². The number of carbonyl (C=O) groups is 3. The minimum atomic E-state index is -0.604. The van der Waals surface area contributed by atoms with Crippen LogP contribution in [0.15, 0.2) is 60.4 Å². The van der Waals surface area contributed by atoms with Crippen molar-refractivity contribution in [1.82, 2.24) is 14.8 Å². The molecule has 0 spiro atoms. The number of urea groups is 1. The third-order valence-electron chi connectivity index (χ3n) is 5.56. The first-order chi connectivity index (χ1) is 15.4. The fraction of sp³-hybridized carbons (Fsp3) is 0.240. The summed E-state index contributed by atoms with van der Waals surface area (Å²) in [4.78, 5) is 38.8. The van der Waals surface area contributed by atoms with E-state index in [1.54, 1.807) is 12.1 Å². The van der Waals surface area contributed by atoms with Crippen LogP contribution in [0.2, 0.25) is 0 Å². The van der Waals surface area contributed by atoms with Crippen molar-refractivity contribution in [3.8, 4) is 0 Å². The SMILES string of the molecule is CCc1ccccc1NC(=O)CN1C(=O)N/C(=C/c2cn(C(C)C)c3ccccc23)C1=O. The number of rotatable bonds is 6. The zero-order chi connectivity index (χ0) is 22.8. The summed E-state index contributed by atoms with van der Waals surface area (Å²) in [6.45, 7) is 5.81. The van der Waals surface area contributed by atoms with Gasteiger partial charge in [0.15, 0.2) is 0 Å². The van der Waals surface area contributed by atoms with Crippen LogP contribution in [0.5, 0.6) is 0 Å². The van der Waals surface area contributed by atoms with Crippen molar-refractivity contribution in [2.45, 2.75) is 33.2 Å². The number of hydrogen-bond acceptors (Lipinski definition) is 3. The summed E-state index contributed by atoms with van der Waals surface area (Å²) < 4.78 is 2.12. The van der Waals surface area contributed by atoms with Gasteiger partial charge in [0.2, 0.25) is 5.91 Å². The quantitative estimate of drug-likeness (QED) is 0.451. The predicted octanol–water partition coefficient (Wildman–Crippen LogP) is 4.32. The largest absolute Gasteiger partial charge is 0.344 e. The Kier molecular flexibility index (Phi) is 5.81. The van der Waals surface area contributed by atoms with Gasteiger partial charge in [0.1, 0.15) is 12.2 Å². The first-order valence-electron chi connectivity index (χ1n) is 10.7. The van der Waals surface area contributed by atoms with Gasteiger partial charge >= 0.3 is 6.03 Å². The number of para-hydroxylation sites is 2. The summed E-state index contributed by atoms with van der Waals surface area (Å²) in [6, 6.07) is 15.0. The second-order valence-corrected chi connectivity index (χ2v) is 8.04. The lowest BCUT2D eigenvalue weighted by Crippen LogP contribution is -2.38. The van der Waals surface area contributed by atoms with E-state index in [4.69, 9.17) is 0 Å². The summed E-state index contributed by atoms with van der Waals surface area (Å²) in [6.07, 6.45) is 4.40. The van der Waals surface area contributed by atoms with E-state index in [0.29, 0.717) is 5.69 Å². The monoisotopic (exact) mass is 430 g/mol. The third kappa shape index (κ3) is 4.01. The first kappa shape index (κ1) is 21.4. The van der Waals surface area contributed by atoms with Crippen molar-refractivity contribution >= 4 is 40.5 Å². The van der Waals surface area contributed by atoms with E-state index in [0.717, 1.165) is 33.4 Å². The number of fused-ring (bicyclic) bond motifs is 1. The Morgan fingerprint density at radius 3 is 2.56 bits per heavy atom. The smallest absolute Gasteiger partial charge is 0.329 e. The molecule has 1 saturated heterocycles. The molecular weight excluding hydrogens is 404 g/mol. The molecule has 3 aromatic rings. The van der Waals surface area contributed by atoms with Crippen molar-refractivity contribution in [3.63, 3.8) is 0 Å². The minimum absolute atomic E-state index is 0.156. The van der Waals surface area contributed by atoms with Crippen LogP contribution >= 0.6 is 0 Å². The zero-order valence-electron chi connectivity index (χ0n) is 18.4. The molecule has 0 radical (unpaired) electrons. The molecule has 164 valence electrons. The van der Waals surface area contributed by atoms with Gasteiger partial charge in [-0.1, -0.05) is 43.3 Å². The van der Waals surface area contributed by atoms with Gasteiger partial charge in [0, 0.05) is 34.4 Å². The maximum atomic E-state index is 12.9. The Balaban J connectivity index is 1.55.